The van der Waals surface area contributed by atoms with E-state index in [1.165, 1.54) is 12.0 Å². The molecule has 0 spiro atoms. The fourth-order valence-corrected chi connectivity index (χ4v) is 4.68. The zero-order valence-corrected chi connectivity index (χ0v) is 20.7. The molecular formula is C25H35N3O6. The van der Waals surface area contributed by atoms with Crippen LogP contribution in [-0.2, 0) is 19.0 Å². The first kappa shape index (κ1) is 25.9. The first-order valence-corrected chi connectivity index (χ1v) is 11.7. The van der Waals surface area contributed by atoms with E-state index in [1.807, 2.05) is 0 Å². The normalized spacial score (nSPS) is 29.2. The van der Waals surface area contributed by atoms with Crippen LogP contribution in [0.15, 0.2) is 18.2 Å². The number of rotatable bonds is 2. The van der Waals surface area contributed by atoms with Crippen LogP contribution in [0.2, 0.25) is 0 Å². The van der Waals surface area contributed by atoms with Gasteiger partial charge in [-0.25, -0.2) is 0 Å². The van der Waals surface area contributed by atoms with Gasteiger partial charge in [-0.1, -0.05) is 13.0 Å². The van der Waals surface area contributed by atoms with E-state index in [-0.39, 0.29) is 42.4 Å². The Hall–Kier alpha value is -2.67. The minimum atomic E-state index is -0.515. The number of nitrogens with zero attached hydrogens (tertiary/aromatic N) is 3. The zero-order chi connectivity index (χ0) is 24.8. The SMILES string of the molecule is CO[C@H]1CC[C@H]2CCOc3c(C#N)cccc3C(=O)N(C)C[C@H](OC)[C@@H](C)C(=O)N(C)C[C@H]1O2. The molecule has 0 radical (unpaired) electrons. The smallest absolute Gasteiger partial charge is 0.257 e. The van der Waals surface area contributed by atoms with Crippen molar-refractivity contribution < 1.29 is 28.5 Å². The van der Waals surface area contributed by atoms with Crippen LogP contribution < -0.4 is 4.74 Å². The molecule has 2 aliphatic heterocycles. The van der Waals surface area contributed by atoms with E-state index < -0.39 is 12.0 Å². The van der Waals surface area contributed by atoms with Gasteiger partial charge in [0.25, 0.3) is 5.91 Å². The van der Waals surface area contributed by atoms with Gasteiger partial charge in [-0.05, 0) is 25.0 Å². The Labute approximate surface area is 201 Å². The Morgan fingerprint density at radius 1 is 1.03 bits per heavy atom. The molecule has 0 unspecified atom stereocenters. The Bertz CT molecular complexity index is 916. The minimum Gasteiger partial charge on any atom is -0.491 e. The van der Waals surface area contributed by atoms with Crippen LogP contribution in [0.25, 0.3) is 0 Å². The third kappa shape index (κ3) is 5.69. The lowest BCUT2D eigenvalue weighted by Gasteiger charge is -2.38. The molecular weight excluding hydrogens is 438 g/mol. The molecule has 3 rings (SSSR count). The number of fused-ring (bicyclic) bond motifs is 3. The third-order valence-corrected chi connectivity index (χ3v) is 6.79. The minimum absolute atomic E-state index is 0.0759. The van der Waals surface area contributed by atoms with Crippen molar-refractivity contribution in [1.82, 2.24) is 9.80 Å². The summed E-state index contributed by atoms with van der Waals surface area (Å²) in [5.74, 6) is -0.601. The lowest BCUT2D eigenvalue weighted by molar-refractivity contribution is -0.154. The molecule has 0 aromatic heterocycles. The lowest BCUT2D eigenvalue weighted by atomic mass is 9.97. The standard InChI is InChI=1S/C25H35N3O6/c1-16-21(32-5)14-28(3)25(30)19-8-6-7-17(13-26)23(19)33-12-11-18-9-10-20(31-4)22(34-18)15-27(2)24(16)29/h6-8,16,18,20-22H,9-12,14-15H2,1-5H3/t16-,18+,20+,21+,22-/m1/s1. The number of methoxy groups -OCH3 is 2. The van der Waals surface area contributed by atoms with Crippen molar-refractivity contribution in [2.75, 3.05) is 48.0 Å². The van der Waals surface area contributed by atoms with Crippen molar-refractivity contribution in [3.8, 4) is 11.8 Å². The average molecular weight is 474 g/mol. The molecule has 1 saturated heterocycles. The van der Waals surface area contributed by atoms with Crippen LogP contribution in [0.4, 0.5) is 0 Å². The Balaban J connectivity index is 1.95. The van der Waals surface area contributed by atoms with Crippen LogP contribution in [0.3, 0.4) is 0 Å². The molecule has 34 heavy (non-hydrogen) atoms. The summed E-state index contributed by atoms with van der Waals surface area (Å²) in [6.45, 7) is 2.70. The summed E-state index contributed by atoms with van der Waals surface area (Å²) in [5.41, 5.74) is 0.609. The number of ether oxygens (including phenoxy) is 4. The first-order valence-electron chi connectivity index (χ1n) is 11.7. The second-order valence-corrected chi connectivity index (χ2v) is 9.05. The summed E-state index contributed by atoms with van der Waals surface area (Å²) in [7, 11) is 6.61. The van der Waals surface area contributed by atoms with E-state index in [9.17, 15) is 14.9 Å². The number of hydrogen-bond acceptors (Lipinski definition) is 7. The molecule has 2 aliphatic rings. The van der Waals surface area contributed by atoms with Crippen LogP contribution in [0, 0.1) is 17.2 Å². The maximum absolute atomic E-state index is 13.3. The molecule has 2 amide bonds. The molecule has 9 heteroatoms. The molecule has 0 N–H and O–H groups in total. The highest BCUT2D eigenvalue weighted by atomic mass is 16.5. The van der Waals surface area contributed by atoms with Crippen molar-refractivity contribution in [1.29, 1.82) is 5.26 Å². The summed E-state index contributed by atoms with van der Waals surface area (Å²) in [6, 6.07) is 7.07. The van der Waals surface area contributed by atoms with Gasteiger partial charge in [0.15, 0.2) is 0 Å². The molecule has 9 nitrogen and oxygen atoms in total. The number of likely N-dealkylation sites (N-methyl/N-ethyl adjacent to an activating group) is 2. The summed E-state index contributed by atoms with van der Waals surface area (Å²) < 4.78 is 23.6. The number of nitriles is 1. The molecule has 1 aromatic rings. The largest absolute Gasteiger partial charge is 0.491 e. The number of amides is 2. The lowest BCUT2D eigenvalue weighted by Crippen LogP contribution is -2.50. The third-order valence-electron chi connectivity index (χ3n) is 6.79. The van der Waals surface area contributed by atoms with Gasteiger partial charge < -0.3 is 28.7 Å². The topological polar surface area (TPSA) is 101 Å². The number of carbonyl (C=O) groups is 2. The maximum atomic E-state index is 13.3. The van der Waals surface area contributed by atoms with Gasteiger partial charge >= 0.3 is 0 Å². The van der Waals surface area contributed by atoms with E-state index >= 15 is 0 Å². The van der Waals surface area contributed by atoms with Gasteiger partial charge in [-0.15, -0.1) is 0 Å². The van der Waals surface area contributed by atoms with E-state index in [1.54, 1.807) is 51.2 Å². The van der Waals surface area contributed by atoms with Gasteiger partial charge in [0.2, 0.25) is 5.91 Å². The van der Waals surface area contributed by atoms with Crippen molar-refractivity contribution >= 4 is 11.8 Å². The zero-order valence-electron chi connectivity index (χ0n) is 20.7. The highest BCUT2D eigenvalue weighted by Crippen LogP contribution is 2.28. The van der Waals surface area contributed by atoms with E-state index in [4.69, 9.17) is 18.9 Å². The van der Waals surface area contributed by atoms with Gasteiger partial charge in [-0.2, -0.15) is 5.26 Å². The van der Waals surface area contributed by atoms with E-state index in [2.05, 4.69) is 6.07 Å². The summed E-state index contributed by atoms with van der Waals surface area (Å²) in [4.78, 5) is 29.7. The fourth-order valence-electron chi connectivity index (χ4n) is 4.68. The van der Waals surface area contributed by atoms with E-state index in [0.29, 0.717) is 30.7 Å². The van der Waals surface area contributed by atoms with Crippen LogP contribution in [-0.4, -0.2) is 94.0 Å². The van der Waals surface area contributed by atoms with Gasteiger partial charge in [0, 0.05) is 47.8 Å². The number of carbonyl (C=O) groups excluding carboxylic acids is 2. The molecule has 2 heterocycles. The second-order valence-electron chi connectivity index (χ2n) is 9.05. The molecule has 1 fully saturated rings. The number of hydrogen-bond donors (Lipinski definition) is 0. The van der Waals surface area contributed by atoms with Crippen molar-refractivity contribution in [2.45, 2.75) is 50.6 Å². The first-order chi connectivity index (χ1) is 16.3. The van der Waals surface area contributed by atoms with Crippen LogP contribution >= 0.6 is 0 Å². The number of benzene rings is 1. The van der Waals surface area contributed by atoms with Crippen molar-refractivity contribution in [3.05, 3.63) is 29.3 Å². The van der Waals surface area contributed by atoms with Crippen LogP contribution in [0.5, 0.6) is 5.75 Å². The predicted molar refractivity (Wildman–Crippen MR) is 125 cm³/mol. The van der Waals surface area contributed by atoms with Crippen molar-refractivity contribution in [2.24, 2.45) is 5.92 Å². The molecule has 2 bridgehead atoms. The monoisotopic (exact) mass is 473 g/mol. The highest BCUT2D eigenvalue weighted by molar-refractivity contribution is 5.97. The van der Waals surface area contributed by atoms with Gasteiger partial charge in [0.05, 0.1) is 42.0 Å². The maximum Gasteiger partial charge on any atom is 0.257 e. The molecule has 5 atom stereocenters. The summed E-state index contributed by atoms with van der Waals surface area (Å²) in [5, 5.41) is 9.60. The Kier molecular flexibility index (Phi) is 8.89. The van der Waals surface area contributed by atoms with Crippen LogP contribution in [0.1, 0.15) is 42.1 Å². The molecule has 1 aromatic carbocycles. The quantitative estimate of drug-likeness (QED) is 0.648. The van der Waals surface area contributed by atoms with Crippen molar-refractivity contribution in [3.63, 3.8) is 0 Å². The summed E-state index contributed by atoms with van der Waals surface area (Å²) >= 11 is 0. The Morgan fingerprint density at radius 2 is 1.76 bits per heavy atom. The average Bonchev–Trinajstić information content (AvgIpc) is 2.85. The number of para-hydroxylation sites is 1. The molecule has 186 valence electrons. The highest BCUT2D eigenvalue weighted by Gasteiger charge is 2.36. The van der Waals surface area contributed by atoms with Gasteiger partial charge in [0.1, 0.15) is 17.9 Å². The second kappa shape index (κ2) is 11.6. The van der Waals surface area contributed by atoms with E-state index in [0.717, 1.165) is 12.8 Å². The molecule has 0 aliphatic carbocycles. The summed E-state index contributed by atoms with van der Waals surface area (Å²) in [6.07, 6.45) is 1.25. The Morgan fingerprint density at radius 3 is 2.44 bits per heavy atom. The van der Waals surface area contributed by atoms with Gasteiger partial charge in [-0.3, -0.25) is 9.59 Å². The predicted octanol–water partition coefficient (Wildman–Crippen LogP) is 2.08. The fraction of sp³-hybridized carbons (Fsp3) is 0.640. The molecule has 0 saturated carbocycles.